The van der Waals surface area contributed by atoms with Crippen molar-refractivity contribution < 1.29 is 32.5 Å². The number of carbonyl (C=O) groups is 1. The highest BCUT2D eigenvalue weighted by molar-refractivity contribution is 7.99. The van der Waals surface area contributed by atoms with Gasteiger partial charge in [-0.05, 0) is 48.6 Å². The summed E-state index contributed by atoms with van der Waals surface area (Å²) in [6.45, 7) is 0.864. The molecule has 0 bridgehead atoms. The molecule has 1 aliphatic heterocycles. The van der Waals surface area contributed by atoms with Gasteiger partial charge in [0, 0.05) is 24.8 Å². The molecule has 7 nitrogen and oxygen atoms in total. The molecule has 0 spiro atoms. The van der Waals surface area contributed by atoms with Crippen LogP contribution in [0.15, 0.2) is 36.5 Å². The smallest absolute Gasteiger partial charge is 0.422 e. The number of pyridine rings is 1. The van der Waals surface area contributed by atoms with Crippen LogP contribution in [0.25, 0.3) is 10.2 Å². The van der Waals surface area contributed by atoms with Crippen molar-refractivity contribution in [2.45, 2.75) is 31.4 Å². The third kappa shape index (κ3) is 7.74. The van der Waals surface area contributed by atoms with E-state index in [1.807, 2.05) is 23.9 Å². The number of nitrogens with two attached hydrogens (primary N) is 1. The van der Waals surface area contributed by atoms with Crippen molar-refractivity contribution in [3.8, 4) is 17.4 Å². The van der Waals surface area contributed by atoms with Crippen molar-refractivity contribution in [3.63, 3.8) is 0 Å². The normalized spacial score (nSPS) is 14.8. The maximum absolute atomic E-state index is 12.5. The number of halogens is 3. The van der Waals surface area contributed by atoms with Crippen LogP contribution >= 0.6 is 23.1 Å². The molecule has 1 amide bonds. The van der Waals surface area contributed by atoms with Crippen molar-refractivity contribution in [1.29, 1.82) is 0 Å². The minimum absolute atomic E-state index is 0.00268. The highest BCUT2D eigenvalue weighted by Gasteiger charge is 2.32. The topological polar surface area (TPSA) is 108 Å². The van der Waals surface area contributed by atoms with Crippen molar-refractivity contribution in [2.24, 2.45) is 5.73 Å². The highest BCUT2D eigenvalue weighted by Crippen LogP contribution is 2.42. The van der Waals surface area contributed by atoms with Gasteiger partial charge in [-0.25, -0.2) is 9.97 Å². The largest absolute Gasteiger partial charge is 0.478 e. The molecule has 2 aromatic heterocycles. The maximum Gasteiger partial charge on any atom is 0.422 e. The van der Waals surface area contributed by atoms with Gasteiger partial charge in [0.25, 0.3) is 5.88 Å². The molecule has 1 fully saturated rings. The molecule has 34 heavy (non-hydrogen) atoms. The highest BCUT2D eigenvalue weighted by atomic mass is 32.2. The van der Waals surface area contributed by atoms with Gasteiger partial charge in [-0.1, -0.05) is 6.92 Å². The molecular formula is C22H26F3N3O4S2. The lowest BCUT2D eigenvalue weighted by Gasteiger charge is -2.31. The third-order valence-corrected chi connectivity index (χ3v) is 7.12. The predicted molar refractivity (Wildman–Crippen MR) is 128 cm³/mol. The summed E-state index contributed by atoms with van der Waals surface area (Å²) in [5.41, 5.74) is 5.15. The third-order valence-electron chi connectivity index (χ3n) is 4.81. The number of benzene rings is 1. The molecule has 0 saturated carbocycles. The molecule has 12 heteroatoms. The molecule has 1 aliphatic rings. The number of aliphatic hydroxyl groups excluding tert-OH is 1. The summed E-state index contributed by atoms with van der Waals surface area (Å²) in [5.74, 6) is 2.70. The minimum Gasteiger partial charge on any atom is -0.478 e. The average Bonchev–Trinajstić information content (AvgIpc) is 3.25. The van der Waals surface area contributed by atoms with Crippen LogP contribution in [0.4, 0.5) is 13.2 Å². The fraction of sp³-hybridized carbons (Fsp3) is 0.409. The average molecular weight is 518 g/mol. The van der Waals surface area contributed by atoms with Crippen LogP contribution in [0.3, 0.4) is 0 Å². The van der Waals surface area contributed by atoms with E-state index in [0.717, 1.165) is 46.7 Å². The molecule has 0 atom stereocenters. The van der Waals surface area contributed by atoms with Gasteiger partial charge in [0.05, 0.1) is 15.2 Å². The number of amides is 1. The van der Waals surface area contributed by atoms with E-state index >= 15 is 0 Å². The number of nitrogens with zero attached hydrogens (tertiary/aromatic N) is 2. The van der Waals surface area contributed by atoms with Gasteiger partial charge in [-0.3, -0.25) is 4.79 Å². The van der Waals surface area contributed by atoms with Crippen LogP contribution in [-0.2, 0) is 10.2 Å². The SMILES string of the molecule is CC1(c2nc3ccc(Oc4ncccc4OCC(F)(F)F)cc3s2)CCSCC1.CO.NC=O. The lowest BCUT2D eigenvalue weighted by molar-refractivity contribution is -0.153. The monoisotopic (exact) mass is 517 g/mol. The molecule has 0 unspecified atom stereocenters. The zero-order chi connectivity index (χ0) is 25.2. The molecule has 4 rings (SSSR count). The number of thiazole rings is 1. The van der Waals surface area contributed by atoms with Gasteiger partial charge in [0.15, 0.2) is 12.4 Å². The second-order valence-electron chi connectivity index (χ2n) is 7.27. The molecule has 3 heterocycles. The van der Waals surface area contributed by atoms with Crippen LogP contribution < -0.4 is 15.2 Å². The standard InChI is InChI=1S/C20H19F3N2O2S2.CH3NO.CH4O/c1-19(6-9-28-10-7-19)18-25-14-5-4-13(11-16(14)29-18)27-17-15(3-2-8-24-17)26-12-20(21,22)23;2-1-3;1-2/h2-5,8,11H,6-7,9-10,12H2,1H3;1H,(H2,2,3);2H,1H3. The molecule has 3 N–H and O–H groups in total. The Morgan fingerprint density at radius 2 is 1.91 bits per heavy atom. The summed E-state index contributed by atoms with van der Waals surface area (Å²) >= 11 is 3.62. The number of primary amides is 1. The lowest BCUT2D eigenvalue weighted by atomic mass is 9.85. The number of thioether (sulfide) groups is 1. The number of rotatable bonds is 5. The second kappa shape index (κ2) is 12.8. The number of carbonyl (C=O) groups excluding carboxylic acids is 1. The Morgan fingerprint density at radius 3 is 2.56 bits per heavy atom. The van der Waals surface area contributed by atoms with Gasteiger partial charge >= 0.3 is 6.18 Å². The number of aliphatic hydroxyl groups is 1. The predicted octanol–water partition coefficient (Wildman–Crippen LogP) is 4.92. The van der Waals surface area contributed by atoms with E-state index in [1.54, 1.807) is 17.4 Å². The molecule has 186 valence electrons. The Morgan fingerprint density at radius 1 is 1.24 bits per heavy atom. The first-order valence-corrected chi connectivity index (χ1v) is 12.1. The van der Waals surface area contributed by atoms with Crippen LogP contribution in [0.2, 0.25) is 0 Å². The summed E-state index contributed by atoms with van der Waals surface area (Å²) in [6, 6.07) is 8.36. The Hall–Kier alpha value is -2.57. The number of hydrogen-bond donors (Lipinski definition) is 2. The fourth-order valence-electron chi connectivity index (χ4n) is 3.10. The minimum atomic E-state index is -4.43. The Kier molecular flexibility index (Phi) is 10.4. The first-order valence-electron chi connectivity index (χ1n) is 10.2. The van der Waals surface area contributed by atoms with E-state index in [0.29, 0.717) is 5.75 Å². The Balaban J connectivity index is 0.000000758. The first kappa shape index (κ1) is 27.7. The van der Waals surface area contributed by atoms with Gasteiger partial charge in [-0.2, -0.15) is 24.9 Å². The molecular weight excluding hydrogens is 491 g/mol. The first-order chi connectivity index (χ1) is 16.2. The van der Waals surface area contributed by atoms with Crippen molar-refractivity contribution >= 4 is 39.7 Å². The number of fused-ring (bicyclic) bond motifs is 1. The molecule has 1 aromatic carbocycles. The fourth-order valence-corrected chi connectivity index (χ4v) is 5.69. The molecule has 0 radical (unpaired) electrons. The van der Waals surface area contributed by atoms with Gasteiger partial charge in [-0.15, -0.1) is 11.3 Å². The summed E-state index contributed by atoms with van der Waals surface area (Å²) in [7, 11) is 1.00. The van der Waals surface area contributed by atoms with E-state index in [4.69, 9.17) is 24.4 Å². The van der Waals surface area contributed by atoms with E-state index in [1.165, 1.54) is 18.3 Å². The maximum atomic E-state index is 12.5. The van der Waals surface area contributed by atoms with Gasteiger partial charge in [0.2, 0.25) is 6.41 Å². The van der Waals surface area contributed by atoms with E-state index in [2.05, 4.69) is 17.6 Å². The molecule has 3 aromatic rings. The van der Waals surface area contributed by atoms with Gasteiger partial charge in [0.1, 0.15) is 5.75 Å². The number of alkyl halides is 3. The zero-order valence-electron chi connectivity index (χ0n) is 18.7. The van der Waals surface area contributed by atoms with E-state index in [9.17, 15) is 13.2 Å². The number of hydrogen-bond acceptors (Lipinski definition) is 8. The van der Waals surface area contributed by atoms with Crippen LogP contribution in [0.1, 0.15) is 24.8 Å². The van der Waals surface area contributed by atoms with Crippen LogP contribution in [0, 0.1) is 0 Å². The number of ether oxygens (including phenoxy) is 2. The quantitative estimate of drug-likeness (QED) is 0.463. The van der Waals surface area contributed by atoms with Crippen molar-refractivity contribution in [1.82, 2.24) is 9.97 Å². The Labute approximate surface area is 203 Å². The van der Waals surface area contributed by atoms with E-state index in [-0.39, 0.29) is 23.5 Å². The van der Waals surface area contributed by atoms with Gasteiger partial charge < -0.3 is 20.3 Å². The zero-order valence-corrected chi connectivity index (χ0v) is 20.3. The second-order valence-corrected chi connectivity index (χ2v) is 9.53. The Bertz CT molecular complexity index is 1060. The summed E-state index contributed by atoms with van der Waals surface area (Å²) in [5, 5.41) is 8.12. The summed E-state index contributed by atoms with van der Waals surface area (Å²) < 4.78 is 49.0. The summed E-state index contributed by atoms with van der Waals surface area (Å²) in [6.07, 6.45) is -0.525. The number of aromatic nitrogens is 2. The molecule has 1 saturated heterocycles. The van der Waals surface area contributed by atoms with Crippen molar-refractivity contribution in [2.75, 3.05) is 25.2 Å². The van der Waals surface area contributed by atoms with E-state index < -0.39 is 12.8 Å². The molecule has 0 aliphatic carbocycles. The van der Waals surface area contributed by atoms with Crippen LogP contribution in [0.5, 0.6) is 17.4 Å². The lowest BCUT2D eigenvalue weighted by Crippen LogP contribution is -2.27. The van der Waals surface area contributed by atoms with Crippen molar-refractivity contribution in [3.05, 3.63) is 41.5 Å². The van der Waals surface area contributed by atoms with Crippen LogP contribution in [-0.4, -0.2) is 52.9 Å². The summed E-state index contributed by atoms with van der Waals surface area (Å²) in [4.78, 5) is 17.4.